The zero-order chi connectivity index (χ0) is 34.0. The van der Waals surface area contributed by atoms with Crippen molar-refractivity contribution in [2.24, 2.45) is 5.92 Å². The number of fused-ring (bicyclic) bond motifs is 4. The van der Waals surface area contributed by atoms with Crippen LogP contribution in [0.1, 0.15) is 34.8 Å². The van der Waals surface area contributed by atoms with Crippen LogP contribution >= 0.6 is 0 Å². The standard InChI is InChI=1S/C36H35N3O8Si/c1-22-33(48(2,3)45)32(18-19-40)47-36(22)27-20-25(39(43)44)16-17-28(27)37(35(36)42)21-23-12-14-24(15-13-23)38-29-9-5-7-11-31(29)46-30-10-6-4-8-26(30)34(38)41/h4-17,20,22,32-33,40,45H,18-19,21H2,1-3H3/t22-,32+,33-,36+/m1/s1. The molecule has 2 amide bonds. The molecule has 11 nitrogen and oxygen atoms in total. The van der Waals surface area contributed by atoms with E-state index in [-0.39, 0.29) is 37.1 Å². The highest BCUT2D eigenvalue weighted by Crippen LogP contribution is 2.60. The Kier molecular flexibility index (Phi) is 7.71. The third-order valence-corrected chi connectivity index (χ3v) is 12.3. The number of aliphatic hydroxyl groups excluding tert-OH is 1. The van der Waals surface area contributed by atoms with Gasteiger partial charge in [-0.1, -0.05) is 43.3 Å². The number of non-ortho nitro benzene ring substituents is 1. The van der Waals surface area contributed by atoms with Crippen LogP contribution < -0.4 is 14.5 Å². The number of hydrogen-bond acceptors (Lipinski definition) is 8. The van der Waals surface area contributed by atoms with Crippen molar-refractivity contribution in [3.05, 3.63) is 118 Å². The van der Waals surface area contributed by atoms with Gasteiger partial charge in [-0.2, -0.15) is 0 Å². The number of nitrogens with zero attached hydrogens (tertiary/aromatic N) is 3. The number of para-hydroxylation sites is 3. The van der Waals surface area contributed by atoms with Crippen LogP contribution in [-0.2, 0) is 21.7 Å². The first-order valence-electron chi connectivity index (χ1n) is 15.9. The van der Waals surface area contributed by atoms with Gasteiger partial charge < -0.3 is 24.3 Å². The third kappa shape index (κ3) is 4.91. The first kappa shape index (κ1) is 31.7. The number of nitro groups is 1. The van der Waals surface area contributed by atoms with Gasteiger partial charge in [0.25, 0.3) is 17.5 Å². The molecule has 3 heterocycles. The number of hydrogen-bond donors (Lipinski definition) is 2. The van der Waals surface area contributed by atoms with Crippen LogP contribution in [0.2, 0.25) is 18.6 Å². The van der Waals surface area contributed by atoms with Crippen molar-refractivity contribution in [1.82, 2.24) is 0 Å². The van der Waals surface area contributed by atoms with Gasteiger partial charge in [-0.05, 0) is 67.5 Å². The van der Waals surface area contributed by atoms with Crippen LogP contribution in [0.3, 0.4) is 0 Å². The summed E-state index contributed by atoms with van der Waals surface area (Å²) >= 11 is 0. The number of benzene rings is 4. The first-order valence-corrected chi connectivity index (χ1v) is 18.9. The second-order valence-corrected chi connectivity index (χ2v) is 17.1. The molecule has 12 heteroatoms. The molecule has 246 valence electrons. The van der Waals surface area contributed by atoms with E-state index in [1.807, 2.05) is 61.5 Å². The molecule has 4 atom stereocenters. The smallest absolute Gasteiger partial charge is 0.269 e. The predicted molar refractivity (Wildman–Crippen MR) is 181 cm³/mol. The largest absolute Gasteiger partial charge is 0.454 e. The van der Waals surface area contributed by atoms with E-state index < -0.39 is 36.4 Å². The van der Waals surface area contributed by atoms with Crippen molar-refractivity contribution in [3.8, 4) is 11.5 Å². The second kappa shape index (κ2) is 11.7. The second-order valence-electron chi connectivity index (χ2n) is 13.1. The number of aliphatic hydroxyl groups is 1. The highest BCUT2D eigenvalue weighted by Gasteiger charge is 2.66. The maximum Gasteiger partial charge on any atom is 0.269 e. The molecule has 4 aromatic carbocycles. The lowest BCUT2D eigenvalue weighted by Crippen LogP contribution is -2.46. The normalized spacial score (nSPS) is 23.1. The summed E-state index contributed by atoms with van der Waals surface area (Å²) in [4.78, 5) is 54.3. The van der Waals surface area contributed by atoms with Crippen molar-refractivity contribution in [2.45, 2.75) is 50.2 Å². The Bertz CT molecular complexity index is 1940. The average molecular weight is 666 g/mol. The van der Waals surface area contributed by atoms with Crippen molar-refractivity contribution in [3.63, 3.8) is 0 Å². The number of carbonyl (C=O) groups is 2. The van der Waals surface area contributed by atoms with Gasteiger partial charge in [0.1, 0.15) is 5.75 Å². The number of rotatable bonds is 7. The minimum atomic E-state index is -2.92. The number of amides is 2. The molecule has 4 aromatic rings. The summed E-state index contributed by atoms with van der Waals surface area (Å²) in [6.45, 7) is 5.36. The molecule has 0 radical (unpaired) electrons. The van der Waals surface area contributed by atoms with Crippen LogP contribution in [-0.4, -0.2) is 47.7 Å². The van der Waals surface area contributed by atoms with Crippen LogP contribution in [0.5, 0.6) is 11.5 Å². The van der Waals surface area contributed by atoms with Crippen molar-refractivity contribution >= 4 is 42.9 Å². The highest BCUT2D eigenvalue weighted by atomic mass is 28.4. The van der Waals surface area contributed by atoms with E-state index in [1.54, 1.807) is 47.2 Å². The van der Waals surface area contributed by atoms with E-state index in [2.05, 4.69) is 0 Å². The van der Waals surface area contributed by atoms with E-state index in [1.165, 1.54) is 12.1 Å². The Morgan fingerprint density at radius 1 is 0.938 bits per heavy atom. The molecule has 7 rings (SSSR count). The van der Waals surface area contributed by atoms with Gasteiger partial charge >= 0.3 is 0 Å². The summed E-state index contributed by atoms with van der Waals surface area (Å²) in [6.07, 6.45) is -0.379. The molecular formula is C36H35N3O8Si. The number of carbonyl (C=O) groups excluding carboxylic acids is 2. The van der Waals surface area contributed by atoms with E-state index in [0.29, 0.717) is 39.7 Å². The van der Waals surface area contributed by atoms with Crippen LogP contribution in [0.4, 0.5) is 22.7 Å². The fourth-order valence-corrected chi connectivity index (χ4v) is 10.3. The van der Waals surface area contributed by atoms with Crippen molar-refractivity contribution in [1.29, 1.82) is 0 Å². The van der Waals surface area contributed by atoms with E-state index in [4.69, 9.17) is 9.47 Å². The molecule has 1 spiro atoms. The predicted octanol–water partition coefficient (Wildman–Crippen LogP) is 6.41. The van der Waals surface area contributed by atoms with E-state index >= 15 is 0 Å². The fourth-order valence-electron chi connectivity index (χ4n) is 7.73. The third-order valence-electron chi connectivity index (χ3n) is 9.77. The van der Waals surface area contributed by atoms with Gasteiger partial charge in [0.05, 0.1) is 34.5 Å². The van der Waals surface area contributed by atoms with Crippen molar-refractivity contribution in [2.75, 3.05) is 16.4 Å². The summed E-state index contributed by atoms with van der Waals surface area (Å²) in [5.74, 6) is -0.126. The zero-order valence-electron chi connectivity index (χ0n) is 26.7. The molecule has 1 fully saturated rings. The SMILES string of the molecule is C[C@@H]1[C@@H]([Si](C)(C)O)[C@H](CCO)O[C@@]12C(=O)N(Cc1ccc(N3C(=O)c4ccccc4Oc4ccccc43)cc1)c1ccc([N+](=O)[O-])cc12. The van der Waals surface area contributed by atoms with Crippen LogP contribution in [0.15, 0.2) is 91.0 Å². The summed E-state index contributed by atoms with van der Waals surface area (Å²) < 4.78 is 12.7. The Hall–Kier alpha value is -4.88. The Morgan fingerprint density at radius 2 is 1.62 bits per heavy atom. The Morgan fingerprint density at radius 3 is 2.31 bits per heavy atom. The van der Waals surface area contributed by atoms with Crippen LogP contribution in [0.25, 0.3) is 0 Å². The van der Waals surface area contributed by atoms with Gasteiger partial charge in [-0.15, -0.1) is 0 Å². The van der Waals surface area contributed by atoms with Gasteiger partial charge in [-0.25, -0.2) is 0 Å². The maximum absolute atomic E-state index is 14.6. The average Bonchev–Trinajstić information content (AvgIpc) is 3.43. The zero-order valence-corrected chi connectivity index (χ0v) is 27.7. The Balaban J connectivity index is 1.25. The molecule has 0 aromatic heterocycles. The number of ether oxygens (including phenoxy) is 2. The summed E-state index contributed by atoms with van der Waals surface area (Å²) in [7, 11) is -2.92. The molecule has 2 N–H and O–H groups in total. The highest BCUT2D eigenvalue weighted by molar-refractivity contribution is 6.71. The van der Waals surface area contributed by atoms with Gasteiger partial charge in [-0.3, -0.25) is 24.6 Å². The molecule has 3 aliphatic rings. The lowest BCUT2D eigenvalue weighted by molar-refractivity contribution is -0.385. The van der Waals surface area contributed by atoms with Gasteiger partial charge in [0.2, 0.25) is 0 Å². The van der Waals surface area contributed by atoms with E-state index in [0.717, 1.165) is 5.56 Å². The van der Waals surface area contributed by atoms with Crippen molar-refractivity contribution < 1.29 is 33.9 Å². The quantitative estimate of drug-likeness (QED) is 0.131. The summed E-state index contributed by atoms with van der Waals surface area (Å²) in [5.41, 5.74) is 1.13. The van der Waals surface area contributed by atoms with Crippen LogP contribution in [0, 0.1) is 16.0 Å². The molecular weight excluding hydrogens is 630 g/mol. The maximum atomic E-state index is 14.6. The minimum Gasteiger partial charge on any atom is -0.454 e. The first-order chi connectivity index (χ1) is 23.0. The van der Waals surface area contributed by atoms with Gasteiger partial charge in [0.15, 0.2) is 19.7 Å². The van der Waals surface area contributed by atoms with Gasteiger partial charge in [0, 0.05) is 41.4 Å². The number of anilines is 3. The Labute approximate surface area is 278 Å². The monoisotopic (exact) mass is 665 g/mol. The van der Waals surface area contributed by atoms with E-state index in [9.17, 15) is 29.6 Å². The minimum absolute atomic E-state index is 0.132. The lowest BCUT2D eigenvalue weighted by atomic mass is 9.82. The molecule has 0 aliphatic carbocycles. The molecule has 0 unspecified atom stereocenters. The summed E-state index contributed by atoms with van der Waals surface area (Å²) in [6, 6.07) is 26.1. The molecule has 1 saturated heterocycles. The summed E-state index contributed by atoms with van der Waals surface area (Å²) in [5, 5.41) is 21.7. The molecule has 0 saturated carbocycles. The molecule has 48 heavy (non-hydrogen) atoms. The lowest BCUT2D eigenvalue weighted by Gasteiger charge is -2.32. The molecule has 3 aliphatic heterocycles. The number of nitro benzene ring substituents is 1. The fraction of sp³-hybridized carbons (Fsp3) is 0.278. The molecule has 0 bridgehead atoms. The topological polar surface area (TPSA) is 143 Å².